The van der Waals surface area contributed by atoms with Gasteiger partial charge in [-0.2, -0.15) is 0 Å². The van der Waals surface area contributed by atoms with Gasteiger partial charge in [0, 0.05) is 55.2 Å². The quantitative estimate of drug-likeness (QED) is 0.127. The minimum absolute atomic E-state index is 0.00548. The Labute approximate surface area is 222 Å². The van der Waals surface area contributed by atoms with E-state index in [2.05, 4.69) is 0 Å². The maximum Gasteiger partial charge on any atom is 0.211 e. The Hall–Kier alpha value is -2.54. The summed E-state index contributed by atoms with van der Waals surface area (Å²) in [4.78, 5) is 80.7. The van der Waals surface area contributed by atoms with Crippen molar-refractivity contribution in [3.05, 3.63) is 22.3 Å². The first kappa shape index (κ1) is 34.5. The highest BCUT2D eigenvalue weighted by Gasteiger charge is 2.50. The number of carbonyl (C=O) groups is 6. The predicted molar refractivity (Wildman–Crippen MR) is 144 cm³/mol. The molecule has 7 nitrogen and oxygen atoms in total. The molecule has 0 aliphatic carbocycles. The standard InChI is InChI=1S/C30H46O7/c1-8-14-21(31)20(7)27(22(32)15-9-2)28(23(33)16-10-3)29(24(34)17-11-4)30(37,25(35)18-12-5)26(36)19-13-6/h37H,8-19H2,1-7H3. The van der Waals surface area contributed by atoms with Crippen LogP contribution in [0.2, 0.25) is 0 Å². The van der Waals surface area contributed by atoms with Gasteiger partial charge in [0.1, 0.15) is 0 Å². The first-order chi connectivity index (χ1) is 17.4. The van der Waals surface area contributed by atoms with E-state index in [9.17, 15) is 33.9 Å². The maximum atomic E-state index is 13.7. The van der Waals surface area contributed by atoms with Crippen LogP contribution in [0, 0.1) is 0 Å². The van der Waals surface area contributed by atoms with Crippen LogP contribution >= 0.6 is 0 Å². The lowest BCUT2D eigenvalue weighted by atomic mass is 9.73. The van der Waals surface area contributed by atoms with Gasteiger partial charge < -0.3 is 5.11 Å². The largest absolute Gasteiger partial charge is 0.371 e. The number of carbonyl (C=O) groups excluding carboxylic acids is 6. The van der Waals surface area contributed by atoms with Crippen molar-refractivity contribution in [1.82, 2.24) is 0 Å². The minimum Gasteiger partial charge on any atom is -0.371 e. The van der Waals surface area contributed by atoms with Crippen LogP contribution in [-0.4, -0.2) is 45.4 Å². The molecule has 0 spiro atoms. The second-order valence-electron chi connectivity index (χ2n) is 9.50. The maximum absolute atomic E-state index is 13.7. The van der Waals surface area contributed by atoms with Gasteiger partial charge in [-0.15, -0.1) is 0 Å². The molecule has 0 aromatic carbocycles. The summed E-state index contributed by atoms with van der Waals surface area (Å²) in [6.45, 7) is 11.9. The van der Waals surface area contributed by atoms with Crippen LogP contribution in [0.5, 0.6) is 0 Å². The molecule has 0 aromatic rings. The van der Waals surface area contributed by atoms with Crippen LogP contribution in [0.25, 0.3) is 0 Å². The summed E-state index contributed by atoms with van der Waals surface area (Å²) in [5.74, 6) is -4.04. The molecular formula is C30H46O7. The molecule has 0 bridgehead atoms. The molecule has 1 N–H and O–H groups in total. The molecule has 0 amide bonds. The van der Waals surface area contributed by atoms with Gasteiger partial charge in [0.25, 0.3) is 0 Å². The first-order valence-corrected chi connectivity index (χ1v) is 13.8. The summed E-state index contributed by atoms with van der Waals surface area (Å²) in [6, 6.07) is 0. The third-order valence-electron chi connectivity index (χ3n) is 6.16. The van der Waals surface area contributed by atoms with Gasteiger partial charge in [0.05, 0.1) is 5.57 Å². The molecule has 0 aliphatic rings. The van der Waals surface area contributed by atoms with Gasteiger partial charge in [-0.25, -0.2) is 0 Å². The van der Waals surface area contributed by atoms with Gasteiger partial charge in [-0.1, -0.05) is 41.5 Å². The third kappa shape index (κ3) is 8.77. The van der Waals surface area contributed by atoms with Crippen LogP contribution in [-0.2, 0) is 28.8 Å². The van der Waals surface area contributed by atoms with Crippen LogP contribution < -0.4 is 0 Å². The summed E-state index contributed by atoms with van der Waals surface area (Å²) in [7, 11) is 0. The lowest BCUT2D eigenvalue weighted by Gasteiger charge is -2.30. The summed E-state index contributed by atoms with van der Waals surface area (Å²) in [6.07, 6.45) is 1.71. The summed E-state index contributed by atoms with van der Waals surface area (Å²) in [5, 5.41) is 11.9. The van der Waals surface area contributed by atoms with Crippen LogP contribution in [0.15, 0.2) is 22.3 Å². The van der Waals surface area contributed by atoms with Crippen LogP contribution in [0.1, 0.15) is 126 Å². The van der Waals surface area contributed by atoms with Crippen molar-refractivity contribution in [3.63, 3.8) is 0 Å². The fourth-order valence-corrected chi connectivity index (χ4v) is 4.32. The number of Topliss-reactive ketones (excluding diaryl/α,β-unsaturated/α-hetero) is 6. The number of hydrogen-bond donors (Lipinski definition) is 1. The first-order valence-electron chi connectivity index (χ1n) is 13.8. The van der Waals surface area contributed by atoms with E-state index >= 15 is 0 Å². The average molecular weight is 519 g/mol. The van der Waals surface area contributed by atoms with Crippen molar-refractivity contribution in [2.45, 2.75) is 131 Å². The summed E-state index contributed by atoms with van der Waals surface area (Å²) in [5.41, 5.74) is -4.17. The van der Waals surface area contributed by atoms with E-state index in [0.717, 1.165) is 0 Å². The molecule has 37 heavy (non-hydrogen) atoms. The van der Waals surface area contributed by atoms with Gasteiger partial charge in [-0.3, -0.25) is 28.8 Å². The van der Waals surface area contributed by atoms with Crippen molar-refractivity contribution in [1.29, 1.82) is 0 Å². The molecule has 0 aliphatic heterocycles. The highest BCUT2D eigenvalue weighted by molar-refractivity contribution is 6.27. The van der Waals surface area contributed by atoms with E-state index in [0.29, 0.717) is 38.5 Å². The molecule has 0 saturated heterocycles. The average Bonchev–Trinajstić information content (AvgIpc) is 2.84. The topological polar surface area (TPSA) is 123 Å². The Morgan fingerprint density at radius 3 is 1.19 bits per heavy atom. The number of rotatable bonds is 20. The van der Waals surface area contributed by atoms with Crippen molar-refractivity contribution in [3.8, 4) is 0 Å². The Kier molecular flexibility index (Phi) is 15.9. The van der Waals surface area contributed by atoms with E-state index < -0.39 is 45.7 Å². The van der Waals surface area contributed by atoms with Gasteiger partial charge >= 0.3 is 0 Å². The zero-order valence-corrected chi connectivity index (χ0v) is 23.9. The zero-order chi connectivity index (χ0) is 28.8. The van der Waals surface area contributed by atoms with Crippen molar-refractivity contribution < 1.29 is 33.9 Å². The Balaban J connectivity index is 8.23. The molecule has 208 valence electrons. The molecule has 7 heteroatoms. The highest BCUT2D eigenvalue weighted by atomic mass is 16.3. The predicted octanol–water partition coefficient (Wildman–Crippen LogP) is 5.55. The lowest BCUT2D eigenvalue weighted by Crippen LogP contribution is -2.51. The Morgan fingerprint density at radius 1 is 0.486 bits per heavy atom. The zero-order valence-electron chi connectivity index (χ0n) is 23.9. The molecule has 0 aromatic heterocycles. The molecule has 0 rings (SSSR count). The molecule has 0 saturated carbocycles. The highest BCUT2D eigenvalue weighted by Crippen LogP contribution is 2.35. The van der Waals surface area contributed by atoms with Crippen LogP contribution in [0.4, 0.5) is 0 Å². The smallest absolute Gasteiger partial charge is 0.211 e. The molecule has 0 atom stereocenters. The van der Waals surface area contributed by atoms with E-state index in [-0.39, 0.29) is 55.5 Å². The monoisotopic (exact) mass is 518 g/mol. The van der Waals surface area contributed by atoms with E-state index in [1.807, 2.05) is 0 Å². The fraction of sp³-hybridized carbons (Fsp3) is 0.667. The van der Waals surface area contributed by atoms with Crippen molar-refractivity contribution in [2.75, 3.05) is 0 Å². The number of aliphatic hydroxyl groups is 1. The van der Waals surface area contributed by atoms with Crippen molar-refractivity contribution in [2.24, 2.45) is 0 Å². The minimum atomic E-state index is -2.87. The lowest BCUT2D eigenvalue weighted by molar-refractivity contribution is -0.149. The molecule has 0 fully saturated rings. The Morgan fingerprint density at radius 2 is 0.811 bits per heavy atom. The van der Waals surface area contributed by atoms with E-state index in [1.165, 1.54) is 6.92 Å². The number of allylic oxidation sites excluding steroid dienone is 3. The Bertz CT molecular complexity index is 916. The summed E-state index contributed by atoms with van der Waals surface area (Å²) < 4.78 is 0. The van der Waals surface area contributed by atoms with Crippen LogP contribution in [0.3, 0.4) is 0 Å². The molecule has 0 unspecified atom stereocenters. The third-order valence-corrected chi connectivity index (χ3v) is 6.16. The van der Waals surface area contributed by atoms with E-state index in [4.69, 9.17) is 0 Å². The second-order valence-corrected chi connectivity index (χ2v) is 9.50. The van der Waals surface area contributed by atoms with Gasteiger partial charge in [0.15, 0.2) is 34.7 Å². The van der Waals surface area contributed by atoms with Crippen molar-refractivity contribution >= 4 is 34.7 Å². The molecular weight excluding hydrogens is 472 g/mol. The normalized spacial score (nSPS) is 13.0. The SMILES string of the molecule is CCCC(=O)C(C)=C(C(=O)CCC)C(C(=O)CCC)=C(C(=O)CCC)C(O)(C(=O)CCC)C(=O)CCC. The van der Waals surface area contributed by atoms with Gasteiger partial charge in [-0.05, 0) is 45.4 Å². The molecule has 0 heterocycles. The number of hydrogen-bond acceptors (Lipinski definition) is 7. The molecule has 0 radical (unpaired) electrons. The van der Waals surface area contributed by atoms with E-state index in [1.54, 1.807) is 41.5 Å². The number of ketones is 6. The summed E-state index contributed by atoms with van der Waals surface area (Å²) >= 11 is 0. The van der Waals surface area contributed by atoms with Gasteiger partial charge in [0.2, 0.25) is 5.60 Å². The fourth-order valence-electron chi connectivity index (χ4n) is 4.32. The second kappa shape index (κ2) is 17.1.